The molecule has 1 fully saturated rings. The summed E-state index contributed by atoms with van der Waals surface area (Å²) in [5, 5.41) is 3.20. The molecule has 166 valence electrons. The van der Waals surface area contributed by atoms with Crippen LogP contribution in [0.1, 0.15) is 25.3 Å². The molecule has 1 atom stereocenters. The summed E-state index contributed by atoms with van der Waals surface area (Å²) < 4.78 is 32.1. The third-order valence-corrected chi connectivity index (χ3v) is 7.44. The number of hydrogen-bond acceptors (Lipinski definition) is 5. The Labute approximate surface area is 187 Å². The lowest BCUT2D eigenvalue weighted by molar-refractivity contribution is -0.158. The molecule has 9 heteroatoms. The first-order valence-electron chi connectivity index (χ1n) is 10.0. The predicted molar refractivity (Wildman–Crippen MR) is 118 cm³/mol. The number of nitrogens with zero attached hydrogens (tertiary/aromatic N) is 1. The van der Waals surface area contributed by atoms with Gasteiger partial charge in [0.1, 0.15) is 0 Å². The number of anilines is 1. The van der Waals surface area contributed by atoms with Gasteiger partial charge in [0.25, 0.3) is 5.91 Å². The van der Waals surface area contributed by atoms with E-state index in [2.05, 4.69) is 5.32 Å². The van der Waals surface area contributed by atoms with Crippen molar-refractivity contribution in [3.8, 4) is 0 Å². The summed E-state index contributed by atoms with van der Waals surface area (Å²) in [4.78, 5) is 25.2. The summed E-state index contributed by atoms with van der Waals surface area (Å²) in [5.74, 6) is -1.41. The van der Waals surface area contributed by atoms with E-state index in [9.17, 15) is 18.0 Å². The molecule has 1 amide bonds. The highest BCUT2D eigenvalue weighted by molar-refractivity contribution is 7.89. The largest absolute Gasteiger partial charge is 0.452 e. The van der Waals surface area contributed by atoms with E-state index >= 15 is 0 Å². The van der Waals surface area contributed by atoms with Gasteiger partial charge in [0, 0.05) is 23.8 Å². The molecule has 0 spiro atoms. The van der Waals surface area contributed by atoms with E-state index in [-0.39, 0.29) is 18.0 Å². The number of halogens is 1. The van der Waals surface area contributed by atoms with Gasteiger partial charge < -0.3 is 10.1 Å². The van der Waals surface area contributed by atoms with Gasteiger partial charge in [0.15, 0.2) is 6.10 Å². The standard InChI is InChI=1S/C22H25ClN2O5S/c1-15-8-9-18(23)14-20(15)24-21(26)16(2)30-22(27)17-10-12-25(13-11-17)31(28,29)19-6-4-3-5-7-19/h3-9,14,16-17H,10-13H2,1-2H3,(H,24,26). The molecule has 2 aromatic rings. The number of piperidine rings is 1. The molecule has 31 heavy (non-hydrogen) atoms. The number of ether oxygens (including phenoxy) is 1. The van der Waals surface area contributed by atoms with Gasteiger partial charge >= 0.3 is 5.97 Å². The van der Waals surface area contributed by atoms with Crippen molar-refractivity contribution in [3.05, 3.63) is 59.1 Å². The maximum atomic E-state index is 12.7. The molecule has 0 saturated carbocycles. The summed E-state index contributed by atoms with van der Waals surface area (Å²) in [7, 11) is -3.58. The Hall–Kier alpha value is -2.42. The number of hydrogen-bond donors (Lipinski definition) is 1. The Morgan fingerprint density at radius 2 is 1.77 bits per heavy atom. The molecule has 1 saturated heterocycles. The second kappa shape index (κ2) is 9.80. The summed E-state index contributed by atoms with van der Waals surface area (Å²) in [6, 6.07) is 13.3. The quantitative estimate of drug-likeness (QED) is 0.659. The van der Waals surface area contributed by atoms with E-state index in [1.807, 2.05) is 6.92 Å². The molecule has 0 aliphatic carbocycles. The first-order chi connectivity index (χ1) is 14.7. The lowest BCUT2D eigenvalue weighted by Gasteiger charge is -2.30. The minimum atomic E-state index is -3.58. The number of carbonyl (C=O) groups excluding carboxylic acids is 2. The number of rotatable bonds is 6. The molecule has 1 aliphatic rings. The van der Waals surface area contributed by atoms with Crippen LogP contribution in [0.2, 0.25) is 5.02 Å². The highest BCUT2D eigenvalue weighted by atomic mass is 35.5. The van der Waals surface area contributed by atoms with E-state index < -0.39 is 33.9 Å². The number of sulfonamides is 1. The molecule has 1 aliphatic heterocycles. The maximum Gasteiger partial charge on any atom is 0.309 e. The fraction of sp³-hybridized carbons (Fsp3) is 0.364. The lowest BCUT2D eigenvalue weighted by atomic mass is 9.98. The first-order valence-corrected chi connectivity index (χ1v) is 11.8. The van der Waals surface area contributed by atoms with Gasteiger partial charge in [-0.05, 0) is 56.5 Å². The monoisotopic (exact) mass is 464 g/mol. The van der Waals surface area contributed by atoms with Gasteiger partial charge in [0.05, 0.1) is 10.8 Å². The first kappa shape index (κ1) is 23.2. The van der Waals surface area contributed by atoms with Crippen LogP contribution in [0, 0.1) is 12.8 Å². The highest BCUT2D eigenvalue weighted by Crippen LogP contribution is 2.25. The SMILES string of the molecule is Cc1ccc(Cl)cc1NC(=O)C(C)OC(=O)C1CCN(S(=O)(=O)c2ccccc2)CC1. The van der Waals surface area contributed by atoms with Crippen molar-refractivity contribution in [1.29, 1.82) is 0 Å². The van der Waals surface area contributed by atoms with Crippen LogP contribution in [-0.4, -0.2) is 43.8 Å². The van der Waals surface area contributed by atoms with Crippen molar-refractivity contribution in [2.45, 2.75) is 37.7 Å². The van der Waals surface area contributed by atoms with Crippen molar-refractivity contribution in [2.24, 2.45) is 5.92 Å². The molecular weight excluding hydrogens is 440 g/mol. The number of amides is 1. The van der Waals surface area contributed by atoms with Crippen LogP contribution in [0.25, 0.3) is 0 Å². The summed E-state index contributed by atoms with van der Waals surface area (Å²) in [5.41, 5.74) is 1.39. The van der Waals surface area contributed by atoms with Crippen LogP contribution in [0.3, 0.4) is 0 Å². The Balaban J connectivity index is 1.53. The number of esters is 1. The molecule has 0 bridgehead atoms. The van der Waals surface area contributed by atoms with E-state index in [1.165, 1.54) is 11.2 Å². The van der Waals surface area contributed by atoms with E-state index in [4.69, 9.17) is 16.3 Å². The van der Waals surface area contributed by atoms with E-state index in [1.54, 1.807) is 48.5 Å². The zero-order chi connectivity index (χ0) is 22.6. The van der Waals surface area contributed by atoms with Gasteiger partial charge in [0.2, 0.25) is 10.0 Å². The molecule has 1 unspecified atom stereocenters. The molecule has 0 radical (unpaired) electrons. The maximum absolute atomic E-state index is 12.7. The fourth-order valence-corrected chi connectivity index (χ4v) is 5.02. The van der Waals surface area contributed by atoms with Crippen molar-refractivity contribution >= 4 is 39.2 Å². The van der Waals surface area contributed by atoms with Gasteiger partial charge in [-0.2, -0.15) is 4.31 Å². The van der Waals surface area contributed by atoms with Gasteiger partial charge in [-0.3, -0.25) is 9.59 Å². The van der Waals surface area contributed by atoms with Crippen molar-refractivity contribution in [3.63, 3.8) is 0 Å². The summed E-state index contributed by atoms with van der Waals surface area (Å²) in [6.07, 6.45) is -0.309. The molecule has 2 aromatic carbocycles. The average Bonchev–Trinajstić information content (AvgIpc) is 2.76. The van der Waals surface area contributed by atoms with Gasteiger partial charge in [-0.1, -0.05) is 35.9 Å². The van der Waals surface area contributed by atoms with Gasteiger partial charge in [-0.25, -0.2) is 8.42 Å². The zero-order valence-electron chi connectivity index (χ0n) is 17.4. The molecule has 1 heterocycles. The van der Waals surface area contributed by atoms with E-state index in [0.717, 1.165) is 5.56 Å². The van der Waals surface area contributed by atoms with Crippen molar-refractivity contribution in [1.82, 2.24) is 4.31 Å². The minimum Gasteiger partial charge on any atom is -0.452 e. The Morgan fingerprint density at radius 1 is 1.13 bits per heavy atom. The third kappa shape index (κ3) is 5.64. The normalized spacial score (nSPS) is 16.5. The van der Waals surface area contributed by atoms with Gasteiger partial charge in [-0.15, -0.1) is 0 Å². The van der Waals surface area contributed by atoms with Crippen LogP contribution >= 0.6 is 11.6 Å². The highest BCUT2D eigenvalue weighted by Gasteiger charge is 2.33. The smallest absolute Gasteiger partial charge is 0.309 e. The van der Waals surface area contributed by atoms with Crippen LogP contribution in [0.4, 0.5) is 5.69 Å². The van der Waals surface area contributed by atoms with Crippen molar-refractivity contribution < 1.29 is 22.7 Å². The van der Waals surface area contributed by atoms with Crippen LogP contribution in [0.5, 0.6) is 0 Å². The molecule has 1 N–H and O–H groups in total. The number of aryl methyl sites for hydroxylation is 1. The molecule has 3 rings (SSSR count). The molecule has 7 nitrogen and oxygen atoms in total. The minimum absolute atomic E-state index is 0.222. The van der Waals surface area contributed by atoms with Crippen LogP contribution in [0.15, 0.2) is 53.4 Å². The number of nitrogens with one attached hydrogen (secondary N) is 1. The lowest BCUT2D eigenvalue weighted by Crippen LogP contribution is -2.41. The second-order valence-corrected chi connectivity index (χ2v) is 9.89. The Bertz CT molecular complexity index is 1050. The Kier molecular flexibility index (Phi) is 7.35. The summed E-state index contributed by atoms with van der Waals surface area (Å²) in [6.45, 7) is 3.78. The van der Waals surface area contributed by atoms with Crippen LogP contribution < -0.4 is 5.32 Å². The topological polar surface area (TPSA) is 92.8 Å². The predicted octanol–water partition coefficient (Wildman–Crippen LogP) is 3.62. The summed E-state index contributed by atoms with van der Waals surface area (Å²) >= 11 is 5.97. The fourth-order valence-electron chi connectivity index (χ4n) is 3.36. The zero-order valence-corrected chi connectivity index (χ0v) is 18.9. The Morgan fingerprint density at radius 3 is 2.42 bits per heavy atom. The number of carbonyl (C=O) groups is 2. The average molecular weight is 465 g/mol. The second-order valence-electron chi connectivity index (χ2n) is 7.52. The molecular formula is C22H25ClN2O5S. The third-order valence-electron chi connectivity index (χ3n) is 5.29. The van der Waals surface area contributed by atoms with E-state index in [0.29, 0.717) is 23.6 Å². The van der Waals surface area contributed by atoms with Crippen molar-refractivity contribution in [2.75, 3.05) is 18.4 Å². The van der Waals surface area contributed by atoms with Crippen LogP contribution in [-0.2, 0) is 24.3 Å². The number of benzene rings is 2. The molecule has 0 aromatic heterocycles.